The van der Waals surface area contributed by atoms with E-state index in [1.807, 2.05) is 66.6 Å². The van der Waals surface area contributed by atoms with Crippen molar-refractivity contribution in [3.63, 3.8) is 0 Å². The number of likely N-dealkylation sites (tertiary alicyclic amines) is 1. The maximum absolute atomic E-state index is 13.7. The molecule has 34 heavy (non-hydrogen) atoms. The van der Waals surface area contributed by atoms with Crippen LogP contribution in [0.25, 0.3) is 28.2 Å². The lowest BCUT2D eigenvalue weighted by molar-refractivity contribution is 0.0714. The van der Waals surface area contributed by atoms with E-state index >= 15 is 0 Å². The topological polar surface area (TPSA) is 80.0 Å². The van der Waals surface area contributed by atoms with E-state index in [0.29, 0.717) is 36.0 Å². The van der Waals surface area contributed by atoms with Gasteiger partial charge in [-0.2, -0.15) is 5.10 Å². The van der Waals surface area contributed by atoms with Crippen molar-refractivity contribution >= 4 is 16.9 Å². The van der Waals surface area contributed by atoms with Crippen LogP contribution in [0.4, 0.5) is 0 Å². The third-order valence-electron chi connectivity index (χ3n) is 6.64. The van der Waals surface area contributed by atoms with Crippen molar-refractivity contribution in [1.29, 1.82) is 0 Å². The smallest absolute Gasteiger partial charge is 0.257 e. The summed E-state index contributed by atoms with van der Waals surface area (Å²) in [5.74, 6) is 1.79. The van der Waals surface area contributed by atoms with Gasteiger partial charge in [0, 0.05) is 37.1 Å². The van der Waals surface area contributed by atoms with Crippen LogP contribution in [0.3, 0.4) is 0 Å². The molecule has 1 fully saturated rings. The monoisotopic (exact) mass is 451 g/mol. The van der Waals surface area contributed by atoms with Gasteiger partial charge in [0.25, 0.3) is 5.91 Å². The van der Waals surface area contributed by atoms with Gasteiger partial charge in [-0.05, 0) is 67.6 Å². The number of carbonyl (C=O) groups is 1. The maximum Gasteiger partial charge on any atom is 0.257 e. The summed E-state index contributed by atoms with van der Waals surface area (Å²) in [6.07, 6.45) is 7.52. The fraction of sp³-hybridized carbons (Fsp3) is 0.222. The van der Waals surface area contributed by atoms with E-state index in [9.17, 15) is 4.79 Å². The van der Waals surface area contributed by atoms with Gasteiger partial charge in [0.2, 0.25) is 0 Å². The van der Waals surface area contributed by atoms with Crippen molar-refractivity contribution in [3.8, 4) is 17.1 Å². The normalized spacial score (nSPS) is 14.7. The highest BCUT2D eigenvalue weighted by Crippen LogP contribution is 2.34. The fourth-order valence-corrected chi connectivity index (χ4v) is 4.87. The Morgan fingerprint density at radius 2 is 1.88 bits per heavy atom. The molecule has 1 saturated heterocycles. The molecule has 0 radical (unpaired) electrons. The first kappa shape index (κ1) is 20.5. The van der Waals surface area contributed by atoms with Crippen LogP contribution in [0.15, 0.2) is 77.6 Å². The number of aromatic nitrogens is 4. The Balaban J connectivity index is 1.27. The Labute approximate surface area is 197 Å². The van der Waals surface area contributed by atoms with Gasteiger partial charge in [0.05, 0.1) is 11.3 Å². The fourth-order valence-electron chi connectivity index (χ4n) is 4.87. The van der Waals surface area contributed by atoms with Crippen molar-refractivity contribution in [2.45, 2.75) is 25.7 Å². The minimum absolute atomic E-state index is 0.00900. The first-order chi connectivity index (χ1) is 16.7. The molecule has 7 nitrogen and oxygen atoms in total. The second-order valence-electron chi connectivity index (χ2n) is 8.79. The van der Waals surface area contributed by atoms with E-state index in [1.165, 1.54) is 10.9 Å². The highest BCUT2D eigenvalue weighted by atomic mass is 16.3. The van der Waals surface area contributed by atoms with Gasteiger partial charge >= 0.3 is 0 Å². The molecule has 0 bridgehead atoms. The molecule has 7 heteroatoms. The average Bonchev–Trinajstić information content (AvgIpc) is 3.62. The van der Waals surface area contributed by atoms with Crippen molar-refractivity contribution in [1.82, 2.24) is 24.6 Å². The number of para-hydroxylation sites is 1. The van der Waals surface area contributed by atoms with Crippen LogP contribution in [-0.2, 0) is 0 Å². The number of aryl methyl sites for hydroxylation is 1. The number of amides is 1. The number of nitrogens with zero attached hydrogens (tertiary/aromatic N) is 4. The van der Waals surface area contributed by atoms with E-state index in [2.05, 4.69) is 22.2 Å². The van der Waals surface area contributed by atoms with Crippen LogP contribution in [0.2, 0.25) is 0 Å². The number of H-pyrrole nitrogens is 1. The third kappa shape index (κ3) is 3.59. The Bertz CT molecular complexity index is 1450. The SMILES string of the molecule is Cc1ccc(-c2nn(-c3ccccc3)cc2C(=O)N2CCC(c3c[nH]c4ncccc34)CC2)o1. The summed E-state index contributed by atoms with van der Waals surface area (Å²) in [6.45, 7) is 3.29. The number of benzene rings is 1. The van der Waals surface area contributed by atoms with Gasteiger partial charge in [-0.15, -0.1) is 0 Å². The Kier molecular flexibility index (Phi) is 5.02. The lowest BCUT2D eigenvalue weighted by Gasteiger charge is -2.32. The molecule has 0 atom stereocenters. The van der Waals surface area contributed by atoms with Crippen LogP contribution in [0.1, 0.15) is 40.4 Å². The van der Waals surface area contributed by atoms with Gasteiger partial charge in [0.15, 0.2) is 5.76 Å². The number of hydrogen-bond acceptors (Lipinski definition) is 4. The second-order valence-corrected chi connectivity index (χ2v) is 8.79. The highest BCUT2D eigenvalue weighted by Gasteiger charge is 2.29. The number of fused-ring (bicyclic) bond motifs is 1. The summed E-state index contributed by atoms with van der Waals surface area (Å²) in [6, 6.07) is 17.7. The molecule has 0 aliphatic carbocycles. The van der Waals surface area contributed by atoms with Gasteiger partial charge in [-0.1, -0.05) is 18.2 Å². The number of carbonyl (C=O) groups excluding carboxylic acids is 1. The average molecular weight is 452 g/mol. The molecule has 1 aromatic carbocycles. The summed E-state index contributed by atoms with van der Waals surface area (Å²) >= 11 is 0. The molecular weight excluding hydrogens is 426 g/mol. The molecule has 170 valence electrons. The third-order valence-corrected chi connectivity index (χ3v) is 6.64. The summed E-state index contributed by atoms with van der Waals surface area (Å²) < 4.78 is 7.60. The standard InChI is InChI=1S/C27H25N5O2/c1-18-9-10-24(34-18)25-23(17-32(30-25)20-6-3-2-4-7-20)27(33)31-14-11-19(12-15-31)22-16-29-26-21(22)8-5-13-28-26/h2-10,13,16-17,19H,11-12,14-15H2,1H3,(H,28,29). The van der Waals surface area contributed by atoms with E-state index in [4.69, 9.17) is 9.52 Å². The number of hydrogen-bond donors (Lipinski definition) is 1. The van der Waals surface area contributed by atoms with Crippen LogP contribution < -0.4 is 0 Å². The van der Waals surface area contributed by atoms with Gasteiger partial charge < -0.3 is 14.3 Å². The predicted molar refractivity (Wildman–Crippen MR) is 130 cm³/mol. The van der Waals surface area contributed by atoms with Crippen molar-refractivity contribution in [3.05, 3.63) is 90.1 Å². The molecule has 1 amide bonds. The van der Waals surface area contributed by atoms with Crippen LogP contribution in [0, 0.1) is 6.92 Å². The number of nitrogens with one attached hydrogen (secondary N) is 1. The maximum atomic E-state index is 13.7. The number of aromatic amines is 1. The van der Waals surface area contributed by atoms with Crippen molar-refractivity contribution < 1.29 is 9.21 Å². The minimum Gasteiger partial charge on any atom is -0.460 e. The zero-order valence-corrected chi connectivity index (χ0v) is 18.9. The zero-order chi connectivity index (χ0) is 23.1. The Morgan fingerprint density at radius 1 is 1.06 bits per heavy atom. The summed E-state index contributed by atoms with van der Waals surface area (Å²) in [5, 5.41) is 5.91. The molecule has 1 aliphatic rings. The lowest BCUT2D eigenvalue weighted by Crippen LogP contribution is -2.38. The number of pyridine rings is 1. The number of piperidine rings is 1. The molecule has 5 aromatic rings. The first-order valence-electron chi connectivity index (χ1n) is 11.6. The van der Waals surface area contributed by atoms with Gasteiger partial charge in [-0.3, -0.25) is 4.79 Å². The van der Waals surface area contributed by atoms with Crippen LogP contribution in [-0.4, -0.2) is 43.6 Å². The van der Waals surface area contributed by atoms with E-state index in [-0.39, 0.29) is 5.91 Å². The molecule has 4 aromatic heterocycles. The van der Waals surface area contributed by atoms with E-state index < -0.39 is 0 Å². The quantitative estimate of drug-likeness (QED) is 0.400. The van der Waals surface area contributed by atoms with E-state index in [1.54, 1.807) is 10.9 Å². The largest absolute Gasteiger partial charge is 0.460 e. The zero-order valence-electron chi connectivity index (χ0n) is 18.9. The highest BCUT2D eigenvalue weighted by molar-refractivity contribution is 5.99. The lowest BCUT2D eigenvalue weighted by atomic mass is 9.89. The van der Waals surface area contributed by atoms with Crippen molar-refractivity contribution in [2.75, 3.05) is 13.1 Å². The number of rotatable bonds is 4. The van der Waals surface area contributed by atoms with Gasteiger partial charge in [0.1, 0.15) is 17.1 Å². The molecule has 0 saturated carbocycles. The molecule has 1 aliphatic heterocycles. The molecule has 0 spiro atoms. The first-order valence-corrected chi connectivity index (χ1v) is 11.6. The summed E-state index contributed by atoms with van der Waals surface area (Å²) in [7, 11) is 0. The van der Waals surface area contributed by atoms with Gasteiger partial charge in [-0.25, -0.2) is 9.67 Å². The van der Waals surface area contributed by atoms with Crippen LogP contribution >= 0.6 is 0 Å². The Morgan fingerprint density at radius 3 is 2.65 bits per heavy atom. The molecule has 5 heterocycles. The second kappa shape index (κ2) is 8.33. The summed E-state index contributed by atoms with van der Waals surface area (Å²) in [4.78, 5) is 23.3. The van der Waals surface area contributed by atoms with Crippen molar-refractivity contribution in [2.24, 2.45) is 0 Å². The molecule has 0 unspecified atom stereocenters. The molecule has 6 rings (SSSR count). The van der Waals surface area contributed by atoms with Crippen LogP contribution in [0.5, 0.6) is 0 Å². The molecule has 1 N–H and O–H groups in total. The van der Waals surface area contributed by atoms with E-state index in [0.717, 1.165) is 29.9 Å². The molecular formula is C27H25N5O2. The summed E-state index contributed by atoms with van der Waals surface area (Å²) in [5.41, 5.74) is 4.25. The minimum atomic E-state index is -0.00900. The Hall–Kier alpha value is -4.13. The predicted octanol–water partition coefficient (Wildman–Crippen LogP) is 5.34. The number of furan rings is 1.